The summed E-state index contributed by atoms with van der Waals surface area (Å²) in [6.45, 7) is 0. The first-order chi connectivity index (χ1) is 10.3. The second-order valence-corrected chi connectivity index (χ2v) is 5.51. The van der Waals surface area contributed by atoms with Crippen molar-refractivity contribution in [3.63, 3.8) is 0 Å². The Kier molecular flexibility index (Phi) is 2.72. The number of carbonyl (C=O) groups excluding carboxylic acids is 1. The number of aromatic nitrogens is 2. The first kappa shape index (κ1) is 12.4. The molecule has 0 saturated carbocycles. The van der Waals surface area contributed by atoms with Gasteiger partial charge in [-0.15, -0.1) is 11.6 Å². The molecule has 2 aromatic carbocycles. The fraction of sp³-hybridized carbons (Fsp3) is 0.125. The van der Waals surface area contributed by atoms with Crippen molar-refractivity contribution >= 4 is 34.5 Å². The average molecular weight is 298 g/mol. The number of rotatable bonds is 2. The van der Waals surface area contributed by atoms with E-state index in [9.17, 15) is 4.79 Å². The van der Waals surface area contributed by atoms with E-state index in [1.807, 2.05) is 54.6 Å². The van der Waals surface area contributed by atoms with Crippen molar-refractivity contribution in [2.24, 2.45) is 0 Å². The summed E-state index contributed by atoms with van der Waals surface area (Å²) in [4.78, 5) is 21.5. The third-order valence-electron chi connectivity index (χ3n) is 3.77. The lowest BCUT2D eigenvalue weighted by Crippen LogP contribution is -2.57. The zero-order valence-electron chi connectivity index (χ0n) is 11.0. The summed E-state index contributed by atoms with van der Waals surface area (Å²) in [6, 6.07) is 17.3. The average Bonchev–Trinajstić information content (AvgIpc) is 2.95. The molecule has 4 rings (SSSR count). The fourth-order valence-corrected chi connectivity index (χ4v) is 3.07. The molecule has 5 heteroatoms. The van der Waals surface area contributed by atoms with Crippen LogP contribution in [0.5, 0.6) is 0 Å². The Morgan fingerprint density at radius 2 is 1.76 bits per heavy atom. The van der Waals surface area contributed by atoms with E-state index in [1.54, 1.807) is 4.90 Å². The number of hydrogen-bond donors (Lipinski definition) is 1. The molecule has 0 spiro atoms. The second kappa shape index (κ2) is 4.60. The molecule has 1 saturated heterocycles. The van der Waals surface area contributed by atoms with Gasteiger partial charge in [-0.3, -0.25) is 9.69 Å². The quantitative estimate of drug-likeness (QED) is 0.583. The van der Waals surface area contributed by atoms with Gasteiger partial charge in [-0.2, -0.15) is 0 Å². The summed E-state index contributed by atoms with van der Waals surface area (Å²) in [7, 11) is 0. The van der Waals surface area contributed by atoms with E-state index in [-0.39, 0.29) is 11.9 Å². The topological polar surface area (TPSA) is 49.0 Å². The molecule has 104 valence electrons. The molecule has 1 aliphatic rings. The molecule has 1 aliphatic heterocycles. The van der Waals surface area contributed by atoms with Gasteiger partial charge in [0.25, 0.3) is 5.91 Å². The smallest absolute Gasteiger partial charge is 0.250 e. The lowest BCUT2D eigenvalue weighted by Gasteiger charge is -2.42. The zero-order chi connectivity index (χ0) is 14.4. The summed E-state index contributed by atoms with van der Waals surface area (Å²) < 4.78 is 0. The van der Waals surface area contributed by atoms with Crippen LogP contribution in [0.1, 0.15) is 11.6 Å². The van der Waals surface area contributed by atoms with Crippen LogP contribution in [0.3, 0.4) is 0 Å². The van der Waals surface area contributed by atoms with Crippen LogP contribution in [-0.4, -0.2) is 21.3 Å². The molecule has 2 unspecified atom stereocenters. The molecule has 0 radical (unpaired) electrons. The Morgan fingerprint density at radius 3 is 2.52 bits per heavy atom. The van der Waals surface area contributed by atoms with Gasteiger partial charge in [-0.25, -0.2) is 4.98 Å². The molecular formula is C16H12ClN3O. The van der Waals surface area contributed by atoms with Gasteiger partial charge in [0.2, 0.25) is 5.95 Å². The van der Waals surface area contributed by atoms with E-state index in [0.717, 1.165) is 16.6 Å². The number of aromatic amines is 1. The fourth-order valence-electron chi connectivity index (χ4n) is 2.71. The van der Waals surface area contributed by atoms with E-state index >= 15 is 0 Å². The minimum absolute atomic E-state index is 0.121. The maximum absolute atomic E-state index is 12.2. The number of amides is 1. The number of para-hydroxylation sites is 2. The van der Waals surface area contributed by atoms with Crippen molar-refractivity contribution in [2.75, 3.05) is 4.90 Å². The standard InChI is InChI=1S/C16H12ClN3O/c17-13-14(10-6-2-1-3-7-10)20(15(13)21)16-18-11-8-4-5-9-12(11)19-16/h1-9,13-14H,(H,18,19). The van der Waals surface area contributed by atoms with Crippen molar-refractivity contribution in [1.29, 1.82) is 0 Å². The number of benzene rings is 2. The molecule has 4 nitrogen and oxygen atoms in total. The highest BCUT2D eigenvalue weighted by molar-refractivity contribution is 6.37. The second-order valence-electron chi connectivity index (χ2n) is 5.04. The molecular weight excluding hydrogens is 286 g/mol. The van der Waals surface area contributed by atoms with E-state index < -0.39 is 5.38 Å². The number of halogens is 1. The highest BCUT2D eigenvalue weighted by atomic mass is 35.5. The molecule has 21 heavy (non-hydrogen) atoms. The van der Waals surface area contributed by atoms with Crippen LogP contribution in [-0.2, 0) is 4.79 Å². The SMILES string of the molecule is O=C1C(Cl)C(c2ccccc2)N1c1nc2ccccc2[nH]1. The predicted octanol–water partition coefficient (Wildman–Crippen LogP) is 3.26. The maximum atomic E-state index is 12.2. The molecule has 3 aromatic rings. The number of β-lactam (4-membered cyclic amide) rings is 1. The maximum Gasteiger partial charge on any atom is 0.250 e. The Labute approximate surface area is 126 Å². The van der Waals surface area contributed by atoms with Gasteiger partial charge in [0, 0.05) is 0 Å². The molecule has 0 aliphatic carbocycles. The first-order valence-electron chi connectivity index (χ1n) is 6.72. The normalized spacial score (nSPS) is 21.6. The van der Waals surface area contributed by atoms with Gasteiger partial charge in [0.05, 0.1) is 17.1 Å². The molecule has 2 atom stereocenters. The van der Waals surface area contributed by atoms with Crippen LogP contribution in [0.25, 0.3) is 11.0 Å². The van der Waals surface area contributed by atoms with Crippen molar-refractivity contribution in [3.05, 3.63) is 60.2 Å². The van der Waals surface area contributed by atoms with E-state index in [0.29, 0.717) is 5.95 Å². The van der Waals surface area contributed by atoms with Gasteiger partial charge in [-0.1, -0.05) is 42.5 Å². The summed E-state index contributed by atoms with van der Waals surface area (Å²) >= 11 is 6.21. The molecule has 2 heterocycles. The van der Waals surface area contributed by atoms with Gasteiger partial charge in [-0.05, 0) is 17.7 Å². The number of anilines is 1. The van der Waals surface area contributed by atoms with Gasteiger partial charge in [0.1, 0.15) is 5.38 Å². The van der Waals surface area contributed by atoms with Crippen molar-refractivity contribution in [1.82, 2.24) is 9.97 Å². The number of alkyl halides is 1. The lowest BCUT2D eigenvalue weighted by molar-refractivity contribution is -0.123. The number of hydrogen-bond acceptors (Lipinski definition) is 2. The van der Waals surface area contributed by atoms with Crippen molar-refractivity contribution in [2.45, 2.75) is 11.4 Å². The third kappa shape index (κ3) is 1.83. The van der Waals surface area contributed by atoms with E-state index in [1.165, 1.54) is 0 Å². The number of fused-ring (bicyclic) bond motifs is 1. The summed E-state index contributed by atoms with van der Waals surface area (Å²) in [5.41, 5.74) is 2.76. The van der Waals surface area contributed by atoms with Crippen LogP contribution >= 0.6 is 11.6 Å². The predicted molar refractivity (Wildman–Crippen MR) is 82.4 cm³/mol. The van der Waals surface area contributed by atoms with Crippen molar-refractivity contribution < 1.29 is 4.79 Å². The Bertz CT molecular complexity index is 782. The van der Waals surface area contributed by atoms with E-state index in [4.69, 9.17) is 11.6 Å². The summed E-state index contributed by atoms with van der Waals surface area (Å²) in [5, 5.41) is -0.541. The number of H-pyrrole nitrogens is 1. The zero-order valence-corrected chi connectivity index (χ0v) is 11.8. The molecule has 1 aromatic heterocycles. The highest BCUT2D eigenvalue weighted by Crippen LogP contribution is 2.41. The van der Waals surface area contributed by atoms with Crippen LogP contribution in [0.2, 0.25) is 0 Å². The minimum Gasteiger partial charge on any atom is -0.324 e. The van der Waals surface area contributed by atoms with Crippen LogP contribution in [0.15, 0.2) is 54.6 Å². The number of carbonyl (C=O) groups is 1. The van der Waals surface area contributed by atoms with Crippen molar-refractivity contribution in [3.8, 4) is 0 Å². The minimum atomic E-state index is -0.541. The Hall–Kier alpha value is -2.33. The number of imidazole rings is 1. The number of nitrogens with zero attached hydrogens (tertiary/aromatic N) is 2. The molecule has 1 fully saturated rings. The monoisotopic (exact) mass is 297 g/mol. The van der Waals surface area contributed by atoms with Crippen LogP contribution < -0.4 is 4.90 Å². The molecule has 0 bridgehead atoms. The van der Waals surface area contributed by atoms with Gasteiger partial charge < -0.3 is 4.98 Å². The van der Waals surface area contributed by atoms with E-state index in [2.05, 4.69) is 9.97 Å². The summed E-state index contributed by atoms with van der Waals surface area (Å²) in [6.07, 6.45) is 0. The van der Waals surface area contributed by atoms with Gasteiger partial charge in [0.15, 0.2) is 0 Å². The largest absolute Gasteiger partial charge is 0.324 e. The Balaban J connectivity index is 1.77. The Morgan fingerprint density at radius 1 is 1.05 bits per heavy atom. The van der Waals surface area contributed by atoms with Crippen LogP contribution in [0, 0.1) is 0 Å². The number of nitrogens with one attached hydrogen (secondary N) is 1. The molecule has 1 N–H and O–H groups in total. The highest BCUT2D eigenvalue weighted by Gasteiger charge is 2.49. The van der Waals surface area contributed by atoms with Gasteiger partial charge >= 0.3 is 0 Å². The van der Waals surface area contributed by atoms with Crippen LogP contribution in [0.4, 0.5) is 5.95 Å². The first-order valence-corrected chi connectivity index (χ1v) is 7.16. The molecule has 1 amide bonds. The lowest BCUT2D eigenvalue weighted by atomic mass is 9.94. The third-order valence-corrected chi connectivity index (χ3v) is 4.20. The summed E-state index contributed by atoms with van der Waals surface area (Å²) in [5.74, 6) is 0.427.